The monoisotopic (exact) mass is 307 g/mol. The molecule has 0 atom stereocenters. The second-order valence-electron chi connectivity index (χ2n) is 3.92. The molecule has 0 saturated heterocycles. The predicted molar refractivity (Wildman–Crippen MR) is 82.2 cm³/mol. The van der Waals surface area contributed by atoms with Gasteiger partial charge >= 0.3 is 0 Å². The molecule has 0 saturated carbocycles. The second kappa shape index (κ2) is 6.76. The first-order valence-electron chi connectivity index (χ1n) is 5.93. The SMILES string of the molecule is COc1ccc(/C=N/Nc2nc(N)cc(Cl)n2)c(OC)c1. The summed E-state index contributed by atoms with van der Waals surface area (Å²) in [4.78, 5) is 7.87. The van der Waals surface area contributed by atoms with Crippen LogP contribution in [0, 0.1) is 0 Å². The van der Waals surface area contributed by atoms with E-state index >= 15 is 0 Å². The zero-order valence-electron chi connectivity index (χ0n) is 11.5. The van der Waals surface area contributed by atoms with Gasteiger partial charge in [0, 0.05) is 17.7 Å². The fourth-order valence-corrected chi connectivity index (χ4v) is 1.76. The number of nitrogens with zero attached hydrogens (tertiary/aromatic N) is 3. The zero-order chi connectivity index (χ0) is 15.2. The van der Waals surface area contributed by atoms with Crippen molar-refractivity contribution in [1.82, 2.24) is 9.97 Å². The lowest BCUT2D eigenvalue weighted by molar-refractivity contribution is 0.394. The number of nitrogens with two attached hydrogens (primary N) is 1. The summed E-state index contributed by atoms with van der Waals surface area (Å²) < 4.78 is 10.4. The summed E-state index contributed by atoms with van der Waals surface area (Å²) in [5.41, 5.74) is 8.97. The molecule has 1 aromatic heterocycles. The number of rotatable bonds is 5. The smallest absolute Gasteiger partial charge is 0.246 e. The Hall–Kier alpha value is -2.54. The molecule has 0 fully saturated rings. The number of ether oxygens (including phenoxy) is 2. The molecule has 1 aromatic carbocycles. The van der Waals surface area contributed by atoms with Gasteiger partial charge in [-0.2, -0.15) is 15.1 Å². The van der Waals surface area contributed by atoms with Gasteiger partial charge in [-0.15, -0.1) is 0 Å². The maximum absolute atomic E-state index is 5.77. The molecule has 0 aliphatic heterocycles. The first kappa shape index (κ1) is 14.9. The van der Waals surface area contributed by atoms with Crippen LogP contribution in [0.5, 0.6) is 11.5 Å². The Morgan fingerprint density at radius 1 is 1.24 bits per heavy atom. The fourth-order valence-electron chi connectivity index (χ4n) is 1.57. The van der Waals surface area contributed by atoms with Crippen molar-refractivity contribution in [2.24, 2.45) is 5.10 Å². The number of aromatic nitrogens is 2. The highest BCUT2D eigenvalue weighted by molar-refractivity contribution is 6.29. The highest BCUT2D eigenvalue weighted by Crippen LogP contribution is 2.23. The van der Waals surface area contributed by atoms with Crippen LogP contribution in [0.15, 0.2) is 29.4 Å². The van der Waals surface area contributed by atoms with E-state index in [2.05, 4.69) is 20.5 Å². The molecule has 2 rings (SSSR count). The van der Waals surface area contributed by atoms with Crippen molar-refractivity contribution in [2.45, 2.75) is 0 Å². The molecule has 21 heavy (non-hydrogen) atoms. The molecule has 1 heterocycles. The van der Waals surface area contributed by atoms with Crippen LogP contribution in [0.3, 0.4) is 0 Å². The average molecular weight is 308 g/mol. The van der Waals surface area contributed by atoms with Crippen LogP contribution >= 0.6 is 11.6 Å². The Bertz CT molecular complexity index is 643. The lowest BCUT2D eigenvalue weighted by Gasteiger charge is -2.07. The molecule has 0 aliphatic carbocycles. The van der Waals surface area contributed by atoms with Gasteiger partial charge in [-0.05, 0) is 12.1 Å². The molecule has 0 unspecified atom stereocenters. The minimum absolute atomic E-state index is 0.212. The van der Waals surface area contributed by atoms with Gasteiger partial charge in [0.05, 0.1) is 20.4 Å². The summed E-state index contributed by atoms with van der Waals surface area (Å²) in [7, 11) is 3.16. The molecule has 110 valence electrons. The van der Waals surface area contributed by atoms with E-state index in [1.54, 1.807) is 32.6 Å². The van der Waals surface area contributed by atoms with E-state index in [-0.39, 0.29) is 16.9 Å². The third kappa shape index (κ3) is 3.96. The normalized spacial score (nSPS) is 10.6. The maximum Gasteiger partial charge on any atom is 0.246 e. The van der Waals surface area contributed by atoms with Crippen molar-refractivity contribution < 1.29 is 9.47 Å². The van der Waals surface area contributed by atoms with E-state index in [1.807, 2.05) is 6.07 Å². The molecular formula is C13H14ClN5O2. The lowest BCUT2D eigenvalue weighted by Crippen LogP contribution is -2.00. The lowest BCUT2D eigenvalue weighted by atomic mass is 10.2. The highest BCUT2D eigenvalue weighted by atomic mass is 35.5. The van der Waals surface area contributed by atoms with Crippen LogP contribution < -0.4 is 20.6 Å². The number of anilines is 2. The second-order valence-corrected chi connectivity index (χ2v) is 4.30. The third-order valence-corrected chi connectivity index (χ3v) is 2.72. The van der Waals surface area contributed by atoms with Crippen LogP contribution in [-0.4, -0.2) is 30.4 Å². The molecule has 8 heteroatoms. The minimum atomic E-state index is 0.212. The predicted octanol–water partition coefficient (Wildman–Crippen LogP) is 2.18. The van der Waals surface area contributed by atoms with Crippen LogP contribution in [0.25, 0.3) is 0 Å². The van der Waals surface area contributed by atoms with Crippen LogP contribution in [0.4, 0.5) is 11.8 Å². The maximum atomic E-state index is 5.77. The van der Waals surface area contributed by atoms with Gasteiger partial charge in [0.1, 0.15) is 22.5 Å². The van der Waals surface area contributed by atoms with Gasteiger partial charge in [-0.25, -0.2) is 5.43 Å². The summed E-state index contributed by atoms with van der Waals surface area (Å²) in [6, 6.07) is 6.83. The minimum Gasteiger partial charge on any atom is -0.497 e. The number of methoxy groups -OCH3 is 2. The molecule has 3 N–H and O–H groups in total. The first-order valence-corrected chi connectivity index (χ1v) is 6.31. The van der Waals surface area contributed by atoms with Crippen molar-refractivity contribution in [3.8, 4) is 11.5 Å². The zero-order valence-corrected chi connectivity index (χ0v) is 12.3. The van der Waals surface area contributed by atoms with E-state index in [4.69, 9.17) is 26.8 Å². The molecular weight excluding hydrogens is 294 g/mol. The van der Waals surface area contributed by atoms with Crippen molar-refractivity contribution in [2.75, 3.05) is 25.4 Å². The summed E-state index contributed by atoms with van der Waals surface area (Å²) in [6.07, 6.45) is 1.57. The van der Waals surface area contributed by atoms with E-state index in [9.17, 15) is 0 Å². The van der Waals surface area contributed by atoms with Gasteiger partial charge in [0.2, 0.25) is 5.95 Å². The van der Waals surface area contributed by atoms with Crippen molar-refractivity contribution in [3.05, 3.63) is 35.0 Å². The molecule has 0 aliphatic rings. The number of hydrogen-bond acceptors (Lipinski definition) is 7. The third-order valence-electron chi connectivity index (χ3n) is 2.52. The van der Waals surface area contributed by atoms with E-state index in [1.165, 1.54) is 6.07 Å². The number of halogens is 1. The van der Waals surface area contributed by atoms with Gasteiger partial charge in [0.15, 0.2) is 0 Å². The van der Waals surface area contributed by atoms with Gasteiger partial charge in [0.25, 0.3) is 0 Å². The number of nitrogen functional groups attached to an aromatic ring is 1. The van der Waals surface area contributed by atoms with Crippen molar-refractivity contribution in [1.29, 1.82) is 0 Å². The van der Waals surface area contributed by atoms with Gasteiger partial charge in [-0.3, -0.25) is 0 Å². The number of hydrazone groups is 1. The summed E-state index contributed by atoms with van der Waals surface area (Å²) in [5, 5.41) is 4.26. The van der Waals surface area contributed by atoms with E-state index in [0.717, 1.165) is 5.56 Å². The van der Waals surface area contributed by atoms with Crippen molar-refractivity contribution >= 4 is 29.6 Å². The Kier molecular flexibility index (Phi) is 4.78. The topological polar surface area (TPSA) is 94.7 Å². The molecule has 0 spiro atoms. The summed E-state index contributed by atoms with van der Waals surface area (Å²) in [5.74, 6) is 1.80. The Morgan fingerprint density at radius 3 is 2.71 bits per heavy atom. The molecule has 0 amide bonds. The van der Waals surface area contributed by atoms with Crippen molar-refractivity contribution in [3.63, 3.8) is 0 Å². The first-order chi connectivity index (χ1) is 10.1. The fraction of sp³-hybridized carbons (Fsp3) is 0.154. The Balaban J connectivity index is 2.14. The molecule has 0 bridgehead atoms. The molecule has 2 aromatic rings. The standard InChI is InChI=1S/C13H14ClN5O2/c1-20-9-4-3-8(10(5-9)21-2)7-16-19-13-17-11(14)6-12(15)18-13/h3-7H,1-2H3,(H3,15,17,18,19)/b16-7+. The van der Waals surface area contributed by atoms with Gasteiger partial charge in [-0.1, -0.05) is 11.6 Å². The van der Waals surface area contributed by atoms with E-state index < -0.39 is 0 Å². The number of benzene rings is 1. The van der Waals surface area contributed by atoms with E-state index in [0.29, 0.717) is 11.5 Å². The Labute approximate surface area is 126 Å². The average Bonchev–Trinajstić information content (AvgIpc) is 2.46. The molecule has 7 nitrogen and oxygen atoms in total. The van der Waals surface area contributed by atoms with Crippen LogP contribution in [-0.2, 0) is 0 Å². The van der Waals surface area contributed by atoms with Crippen LogP contribution in [0.2, 0.25) is 5.15 Å². The summed E-state index contributed by atoms with van der Waals surface area (Å²) >= 11 is 5.77. The van der Waals surface area contributed by atoms with Gasteiger partial charge < -0.3 is 15.2 Å². The number of hydrogen-bond donors (Lipinski definition) is 2. The Morgan fingerprint density at radius 2 is 2.05 bits per heavy atom. The highest BCUT2D eigenvalue weighted by Gasteiger charge is 2.03. The van der Waals surface area contributed by atoms with Crippen LogP contribution in [0.1, 0.15) is 5.56 Å². The quantitative estimate of drug-likeness (QED) is 0.499. The summed E-state index contributed by atoms with van der Waals surface area (Å²) in [6.45, 7) is 0. The largest absolute Gasteiger partial charge is 0.497 e. The molecule has 0 radical (unpaired) electrons. The number of nitrogens with one attached hydrogen (secondary N) is 1.